The van der Waals surface area contributed by atoms with Gasteiger partial charge in [-0.05, 0) is 36.1 Å². The number of hydrogen-bond acceptors (Lipinski definition) is 3. The van der Waals surface area contributed by atoms with Crippen molar-refractivity contribution in [1.29, 1.82) is 0 Å². The number of halogens is 1. The van der Waals surface area contributed by atoms with Crippen molar-refractivity contribution in [2.75, 3.05) is 6.54 Å². The molecule has 0 saturated heterocycles. The fourth-order valence-electron chi connectivity index (χ4n) is 1.68. The molecule has 0 heterocycles. The third kappa shape index (κ3) is 6.03. The molecular formula is C13H20BrNO3S. The van der Waals surface area contributed by atoms with Crippen LogP contribution < -0.4 is 4.72 Å². The summed E-state index contributed by atoms with van der Waals surface area (Å²) in [5.74, 6) is 0. The van der Waals surface area contributed by atoms with Crippen molar-refractivity contribution >= 4 is 26.0 Å². The van der Waals surface area contributed by atoms with Crippen LogP contribution in [0.1, 0.15) is 27.2 Å². The van der Waals surface area contributed by atoms with E-state index >= 15 is 0 Å². The molecule has 0 aliphatic carbocycles. The lowest BCUT2D eigenvalue weighted by molar-refractivity contribution is 0.125. The largest absolute Gasteiger partial charge is 0.392 e. The summed E-state index contributed by atoms with van der Waals surface area (Å²) >= 11 is 3.25. The van der Waals surface area contributed by atoms with Gasteiger partial charge in [-0.1, -0.05) is 36.7 Å². The van der Waals surface area contributed by atoms with Crippen LogP contribution in [-0.4, -0.2) is 26.2 Å². The van der Waals surface area contributed by atoms with Crippen LogP contribution in [0.4, 0.5) is 0 Å². The van der Waals surface area contributed by atoms with Crippen LogP contribution in [0.3, 0.4) is 0 Å². The normalized spacial score (nSPS) is 14.4. The van der Waals surface area contributed by atoms with Crippen LogP contribution in [0.15, 0.2) is 33.6 Å². The quantitative estimate of drug-likeness (QED) is 0.858. The number of aliphatic hydroxyl groups is 1. The molecule has 0 aliphatic heterocycles. The minimum Gasteiger partial charge on any atom is -0.392 e. The molecule has 0 bridgehead atoms. The zero-order valence-corrected chi connectivity index (χ0v) is 13.8. The highest BCUT2D eigenvalue weighted by atomic mass is 79.9. The Morgan fingerprint density at radius 3 is 2.26 bits per heavy atom. The molecular weight excluding hydrogens is 330 g/mol. The molecule has 1 aromatic carbocycles. The van der Waals surface area contributed by atoms with E-state index in [0.29, 0.717) is 6.42 Å². The number of hydrogen-bond donors (Lipinski definition) is 2. The smallest absolute Gasteiger partial charge is 0.240 e. The van der Waals surface area contributed by atoms with Crippen molar-refractivity contribution in [3.05, 3.63) is 28.7 Å². The van der Waals surface area contributed by atoms with Crippen molar-refractivity contribution in [2.24, 2.45) is 5.41 Å². The van der Waals surface area contributed by atoms with Gasteiger partial charge < -0.3 is 5.11 Å². The fourth-order valence-corrected chi connectivity index (χ4v) is 3.02. The highest BCUT2D eigenvalue weighted by molar-refractivity contribution is 9.10. The first kappa shape index (κ1) is 16.6. The summed E-state index contributed by atoms with van der Waals surface area (Å²) < 4.78 is 27.2. The molecule has 0 saturated carbocycles. The first-order valence-electron chi connectivity index (χ1n) is 6.03. The van der Waals surface area contributed by atoms with Crippen molar-refractivity contribution in [3.63, 3.8) is 0 Å². The minimum atomic E-state index is -3.56. The molecule has 2 N–H and O–H groups in total. The molecule has 0 aromatic heterocycles. The summed E-state index contributed by atoms with van der Waals surface area (Å²) in [6.45, 7) is 6.02. The van der Waals surface area contributed by atoms with Crippen LogP contribution in [0, 0.1) is 5.41 Å². The van der Waals surface area contributed by atoms with E-state index in [9.17, 15) is 13.5 Å². The average molecular weight is 350 g/mol. The van der Waals surface area contributed by atoms with Gasteiger partial charge in [0.25, 0.3) is 0 Å². The van der Waals surface area contributed by atoms with Gasteiger partial charge in [0, 0.05) is 11.0 Å². The lowest BCUT2D eigenvalue weighted by Crippen LogP contribution is -2.34. The van der Waals surface area contributed by atoms with Crippen LogP contribution >= 0.6 is 15.9 Å². The van der Waals surface area contributed by atoms with Gasteiger partial charge in [0.15, 0.2) is 0 Å². The van der Waals surface area contributed by atoms with Crippen molar-refractivity contribution in [1.82, 2.24) is 4.72 Å². The molecule has 19 heavy (non-hydrogen) atoms. The summed E-state index contributed by atoms with van der Waals surface area (Å²) in [7, 11) is -3.56. The van der Waals surface area contributed by atoms with Gasteiger partial charge in [-0.3, -0.25) is 0 Å². The molecule has 0 spiro atoms. The molecule has 0 radical (unpaired) electrons. The van der Waals surface area contributed by atoms with E-state index in [0.717, 1.165) is 4.47 Å². The molecule has 1 rings (SSSR count). The molecule has 0 aliphatic rings. The Bertz CT molecular complexity index is 506. The monoisotopic (exact) mass is 349 g/mol. The predicted octanol–water partition coefficient (Wildman–Crippen LogP) is 2.52. The third-order valence-electron chi connectivity index (χ3n) is 2.48. The minimum absolute atomic E-state index is 0.0235. The number of sulfonamides is 1. The lowest BCUT2D eigenvalue weighted by atomic mass is 9.89. The van der Waals surface area contributed by atoms with E-state index in [-0.39, 0.29) is 16.9 Å². The SMILES string of the molecule is CC(C)(C)CC(O)CNS(=O)(=O)c1ccc(Br)cc1. The van der Waals surface area contributed by atoms with E-state index < -0.39 is 16.1 Å². The average Bonchev–Trinajstić information content (AvgIpc) is 2.25. The molecule has 4 nitrogen and oxygen atoms in total. The second-order valence-electron chi connectivity index (χ2n) is 5.72. The zero-order chi connectivity index (χ0) is 14.7. The topological polar surface area (TPSA) is 66.4 Å². The van der Waals surface area contributed by atoms with E-state index in [1.165, 1.54) is 12.1 Å². The molecule has 0 fully saturated rings. The summed E-state index contributed by atoms with van der Waals surface area (Å²) in [5, 5.41) is 9.80. The second-order valence-corrected chi connectivity index (χ2v) is 8.41. The molecule has 108 valence electrons. The number of benzene rings is 1. The Morgan fingerprint density at radius 1 is 1.26 bits per heavy atom. The number of aliphatic hydroxyl groups excluding tert-OH is 1. The Hall–Kier alpha value is -0.430. The number of rotatable bonds is 5. The Labute approximate surface area is 123 Å². The summed E-state index contributed by atoms with van der Waals surface area (Å²) in [6.07, 6.45) is -0.152. The standard InChI is InChI=1S/C13H20BrNO3S/c1-13(2,3)8-11(16)9-15-19(17,18)12-6-4-10(14)5-7-12/h4-7,11,15-16H,8-9H2,1-3H3. The maximum atomic E-state index is 12.0. The number of nitrogens with one attached hydrogen (secondary N) is 1. The third-order valence-corrected chi connectivity index (χ3v) is 4.45. The Morgan fingerprint density at radius 2 is 1.79 bits per heavy atom. The highest BCUT2D eigenvalue weighted by Crippen LogP contribution is 2.20. The molecule has 1 unspecified atom stereocenters. The van der Waals surface area contributed by atoms with Crippen molar-refractivity contribution in [3.8, 4) is 0 Å². The van der Waals surface area contributed by atoms with Gasteiger partial charge in [-0.2, -0.15) is 0 Å². The zero-order valence-electron chi connectivity index (χ0n) is 11.4. The van der Waals surface area contributed by atoms with Gasteiger partial charge in [0.1, 0.15) is 0 Å². The summed E-state index contributed by atoms with van der Waals surface area (Å²) in [6, 6.07) is 6.37. The van der Waals surface area contributed by atoms with Gasteiger partial charge >= 0.3 is 0 Å². The molecule has 1 atom stereocenters. The summed E-state index contributed by atoms with van der Waals surface area (Å²) in [4.78, 5) is 0.193. The molecule has 0 amide bonds. The van der Waals surface area contributed by atoms with Gasteiger partial charge in [0.05, 0.1) is 11.0 Å². The predicted molar refractivity (Wildman–Crippen MR) is 79.4 cm³/mol. The first-order chi connectivity index (χ1) is 8.60. The van der Waals surface area contributed by atoms with Crippen LogP contribution in [0.5, 0.6) is 0 Å². The fraction of sp³-hybridized carbons (Fsp3) is 0.538. The van der Waals surface area contributed by atoms with Gasteiger partial charge in [0.2, 0.25) is 10.0 Å². The van der Waals surface area contributed by atoms with Crippen molar-refractivity contribution in [2.45, 2.75) is 38.2 Å². The van der Waals surface area contributed by atoms with E-state index in [4.69, 9.17) is 0 Å². The highest BCUT2D eigenvalue weighted by Gasteiger charge is 2.20. The second kappa shape index (κ2) is 6.35. The van der Waals surface area contributed by atoms with Crippen molar-refractivity contribution < 1.29 is 13.5 Å². The maximum absolute atomic E-state index is 12.0. The van der Waals surface area contributed by atoms with Gasteiger partial charge in [-0.25, -0.2) is 13.1 Å². The molecule has 6 heteroatoms. The Kier molecular flexibility index (Phi) is 5.55. The van der Waals surface area contributed by atoms with E-state index in [1.807, 2.05) is 20.8 Å². The first-order valence-corrected chi connectivity index (χ1v) is 8.31. The maximum Gasteiger partial charge on any atom is 0.240 e. The summed E-state index contributed by atoms with van der Waals surface area (Å²) in [5.41, 5.74) is -0.0392. The van der Waals surface area contributed by atoms with E-state index in [2.05, 4.69) is 20.7 Å². The molecule has 1 aromatic rings. The van der Waals surface area contributed by atoms with Crippen LogP contribution in [0.25, 0.3) is 0 Å². The van der Waals surface area contributed by atoms with E-state index in [1.54, 1.807) is 12.1 Å². The lowest BCUT2D eigenvalue weighted by Gasteiger charge is -2.22. The van der Waals surface area contributed by atoms with Gasteiger partial charge in [-0.15, -0.1) is 0 Å². The Balaban J connectivity index is 2.63. The van der Waals surface area contributed by atoms with Crippen LogP contribution in [0.2, 0.25) is 0 Å². The van der Waals surface area contributed by atoms with Crippen LogP contribution in [-0.2, 0) is 10.0 Å².